The molecule has 2 aliphatic heterocycles. The molecule has 0 radical (unpaired) electrons. The van der Waals surface area contributed by atoms with Crippen LogP contribution in [0.2, 0.25) is 0 Å². The van der Waals surface area contributed by atoms with E-state index in [1.165, 1.54) is 0 Å². The number of nitrogens with zero attached hydrogens (tertiary/aromatic N) is 4. The van der Waals surface area contributed by atoms with Crippen LogP contribution in [0, 0.1) is 6.92 Å². The first-order valence-corrected chi connectivity index (χ1v) is 12.8. The number of hydrogen-bond donors (Lipinski definition) is 1. The maximum Gasteiger partial charge on any atom is 0.253 e. The summed E-state index contributed by atoms with van der Waals surface area (Å²) >= 11 is 1.72. The smallest absolute Gasteiger partial charge is 0.253 e. The highest BCUT2D eigenvalue weighted by atomic mass is 32.2. The predicted molar refractivity (Wildman–Crippen MR) is 131 cm³/mol. The van der Waals surface area contributed by atoms with Crippen LogP contribution in [0.25, 0.3) is 10.9 Å². The molecule has 2 aliphatic rings. The number of benzene rings is 1. The number of aromatic amines is 1. The summed E-state index contributed by atoms with van der Waals surface area (Å²) in [5.41, 5.74) is 3.94. The molecule has 2 aromatic heterocycles. The molecule has 1 amide bonds. The second-order valence-corrected chi connectivity index (χ2v) is 9.96. The summed E-state index contributed by atoms with van der Waals surface area (Å²) in [7, 11) is 0. The number of amides is 1. The van der Waals surface area contributed by atoms with Crippen LogP contribution in [-0.4, -0.2) is 82.3 Å². The molecule has 1 unspecified atom stereocenters. The topological polar surface area (TPSA) is 74.3 Å². The molecule has 33 heavy (non-hydrogen) atoms. The first kappa shape index (κ1) is 22.4. The molecule has 4 heterocycles. The number of H-pyrrole nitrogens is 1. The molecule has 174 valence electrons. The zero-order valence-electron chi connectivity index (χ0n) is 19.1. The third-order valence-electron chi connectivity index (χ3n) is 6.63. The molecule has 0 saturated carbocycles. The molecule has 5 rings (SSSR count). The minimum absolute atomic E-state index is 0.100. The fourth-order valence-electron chi connectivity index (χ4n) is 4.76. The maximum atomic E-state index is 13.2. The van der Waals surface area contributed by atoms with Crippen molar-refractivity contribution in [1.29, 1.82) is 0 Å². The molecular weight excluding hydrogens is 434 g/mol. The van der Waals surface area contributed by atoms with Crippen molar-refractivity contribution < 1.29 is 9.53 Å². The Morgan fingerprint density at radius 3 is 3.00 bits per heavy atom. The molecule has 3 aromatic rings. The fraction of sp³-hybridized carbons (Fsp3) is 0.480. The number of aromatic nitrogens is 3. The zero-order valence-corrected chi connectivity index (χ0v) is 19.9. The van der Waals surface area contributed by atoms with Crippen molar-refractivity contribution >= 4 is 28.6 Å². The molecule has 0 spiro atoms. The Morgan fingerprint density at radius 1 is 1.24 bits per heavy atom. The van der Waals surface area contributed by atoms with Gasteiger partial charge in [0, 0.05) is 67.9 Å². The first-order chi connectivity index (χ1) is 16.2. The van der Waals surface area contributed by atoms with Gasteiger partial charge < -0.3 is 14.6 Å². The number of piperidine rings is 1. The highest BCUT2D eigenvalue weighted by Gasteiger charge is 2.28. The van der Waals surface area contributed by atoms with E-state index in [2.05, 4.69) is 21.8 Å². The Balaban J connectivity index is 1.24. The first-order valence-electron chi connectivity index (χ1n) is 11.8. The van der Waals surface area contributed by atoms with E-state index in [4.69, 9.17) is 9.72 Å². The lowest BCUT2D eigenvalue weighted by molar-refractivity contribution is 0.0410. The third kappa shape index (κ3) is 5.23. The number of carbonyl (C=O) groups is 1. The van der Waals surface area contributed by atoms with Crippen LogP contribution in [0.4, 0.5) is 0 Å². The van der Waals surface area contributed by atoms with Gasteiger partial charge in [-0.15, -0.1) is 0 Å². The van der Waals surface area contributed by atoms with Gasteiger partial charge in [0.05, 0.1) is 18.9 Å². The van der Waals surface area contributed by atoms with E-state index in [1.807, 2.05) is 41.6 Å². The Bertz CT molecular complexity index is 1110. The molecule has 2 fully saturated rings. The number of fused-ring (bicyclic) bond motifs is 1. The van der Waals surface area contributed by atoms with Gasteiger partial charge in [-0.2, -0.15) is 0 Å². The van der Waals surface area contributed by atoms with Crippen molar-refractivity contribution in [3.63, 3.8) is 0 Å². The number of morpholine rings is 1. The average molecular weight is 466 g/mol. The SMILES string of the molecule is Cc1cnc(SCCN2CCOCC2)nc1C1CCCN(C(=O)c2ccc3cc[nH]c3c2)C1. The maximum absolute atomic E-state index is 13.2. The Morgan fingerprint density at radius 2 is 2.12 bits per heavy atom. The fourth-order valence-corrected chi connectivity index (χ4v) is 5.58. The summed E-state index contributed by atoms with van der Waals surface area (Å²) in [5.74, 6) is 1.32. The quantitative estimate of drug-likeness (QED) is 0.442. The number of likely N-dealkylation sites (tertiary alicyclic amines) is 1. The lowest BCUT2D eigenvalue weighted by Crippen LogP contribution is -2.39. The van der Waals surface area contributed by atoms with Crippen molar-refractivity contribution in [2.45, 2.75) is 30.8 Å². The monoisotopic (exact) mass is 465 g/mol. The van der Waals surface area contributed by atoms with Gasteiger partial charge in [-0.1, -0.05) is 17.8 Å². The number of aryl methyl sites for hydroxylation is 1. The minimum Gasteiger partial charge on any atom is -0.379 e. The van der Waals surface area contributed by atoms with Gasteiger partial charge in [0.1, 0.15) is 0 Å². The second kappa shape index (κ2) is 10.2. The Hall–Kier alpha value is -2.42. The van der Waals surface area contributed by atoms with Crippen molar-refractivity contribution in [3.05, 3.63) is 53.5 Å². The Kier molecular flexibility index (Phi) is 6.94. The van der Waals surface area contributed by atoms with Crippen LogP contribution in [-0.2, 0) is 4.74 Å². The third-order valence-corrected chi connectivity index (χ3v) is 7.47. The number of carbonyl (C=O) groups excluding carboxylic acids is 1. The lowest BCUT2D eigenvalue weighted by atomic mass is 9.92. The summed E-state index contributed by atoms with van der Waals surface area (Å²) in [4.78, 5) is 30.4. The number of nitrogens with one attached hydrogen (secondary N) is 1. The summed E-state index contributed by atoms with van der Waals surface area (Å²) < 4.78 is 5.43. The van der Waals surface area contributed by atoms with E-state index >= 15 is 0 Å². The highest BCUT2D eigenvalue weighted by molar-refractivity contribution is 7.99. The van der Waals surface area contributed by atoms with Crippen LogP contribution in [0.5, 0.6) is 0 Å². The van der Waals surface area contributed by atoms with E-state index in [0.29, 0.717) is 6.54 Å². The molecule has 8 heteroatoms. The van der Waals surface area contributed by atoms with E-state index in [0.717, 1.165) is 90.9 Å². The minimum atomic E-state index is 0.100. The number of thioether (sulfide) groups is 1. The predicted octanol–water partition coefficient (Wildman–Crippen LogP) is 3.71. The van der Waals surface area contributed by atoms with E-state index in [-0.39, 0.29) is 11.8 Å². The largest absolute Gasteiger partial charge is 0.379 e. The van der Waals surface area contributed by atoms with E-state index in [1.54, 1.807) is 11.8 Å². The van der Waals surface area contributed by atoms with Gasteiger partial charge in [-0.05, 0) is 48.9 Å². The molecular formula is C25H31N5O2S. The number of hydrogen-bond acceptors (Lipinski definition) is 6. The molecule has 1 N–H and O–H groups in total. The van der Waals surface area contributed by atoms with Gasteiger partial charge in [0.2, 0.25) is 0 Å². The van der Waals surface area contributed by atoms with Crippen LogP contribution >= 0.6 is 11.8 Å². The summed E-state index contributed by atoms with van der Waals surface area (Å²) in [6.45, 7) is 8.26. The van der Waals surface area contributed by atoms with Gasteiger partial charge in [-0.25, -0.2) is 9.97 Å². The van der Waals surface area contributed by atoms with Crippen LogP contribution < -0.4 is 0 Å². The molecule has 1 atom stereocenters. The molecule has 0 aliphatic carbocycles. The second-order valence-electron chi connectivity index (χ2n) is 8.89. The normalized spacial score (nSPS) is 19.8. The van der Waals surface area contributed by atoms with Gasteiger partial charge in [-0.3, -0.25) is 9.69 Å². The van der Waals surface area contributed by atoms with Crippen molar-refractivity contribution in [2.24, 2.45) is 0 Å². The highest BCUT2D eigenvalue weighted by Crippen LogP contribution is 2.30. The molecule has 0 bridgehead atoms. The van der Waals surface area contributed by atoms with Crippen molar-refractivity contribution in [2.75, 3.05) is 51.7 Å². The van der Waals surface area contributed by atoms with E-state index in [9.17, 15) is 4.79 Å². The van der Waals surface area contributed by atoms with Crippen molar-refractivity contribution in [1.82, 2.24) is 24.8 Å². The summed E-state index contributed by atoms with van der Waals surface area (Å²) in [5, 5.41) is 1.96. The van der Waals surface area contributed by atoms with E-state index < -0.39 is 0 Å². The standard InChI is InChI=1S/C25H31N5O2S/c1-18-16-27-25(33-14-11-29-9-12-32-13-10-29)28-23(18)21-3-2-8-30(17-21)24(31)20-5-4-19-6-7-26-22(19)15-20/h4-7,15-16,21,26H,2-3,8-14,17H2,1H3. The average Bonchev–Trinajstić information content (AvgIpc) is 3.33. The molecule has 2 saturated heterocycles. The van der Waals surface area contributed by atoms with Gasteiger partial charge in [0.25, 0.3) is 5.91 Å². The Labute approximate surface area is 198 Å². The van der Waals surface area contributed by atoms with Crippen molar-refractivity contribution in [3.8, 4) is 0 Å². The van der Waals surface area contributed by atoms with Crippen LogP contribution in [0.1, 0.15) is 40.4 Å². The van der Waals surface area contributed by atoms with Crippen LogP contribution in [0.15, 0.2) is 41.8 Å². The number of rotatable bonds is 6. The summed E-state index contributed by atoms with van der Waals surface area (Å²) in [6, 6.07) is 7.92. The zero-order chi connectivity index (χ0) is 22.6. The summed E-state index contributed by atoms with van der Waals surface area (Å²) in [6.07, 6.45) is 5.89. The van der Waals surface area contributed by atoms with Gasteiger partial charge >= 0.3 is 0 Å². The molecule has 7 nitrogen and oxygen atoms in total. The molecule has 1 aromatic carbocycles. The number of ether oxygens (including phenoxy) is 1. The van der Waals surface area contributed by atoms with Gasteiger partial charge in [0.15, 0.2) is 5.16 Å². The van der Waals surface area contributed by atoms with Crippen LogP contribution in [0.3, 0.4) is 0 Å². The lowest BCUT2D eigenvalue weighted by Gasteiger charge is -2.33.